The van der Waals surface area contributed by atoms with Crippen LogP contribution in [0.4, 0.5) is 13.2 Å². The zero-order chi connectivity index (χ0) is 11.5. The lowest BCUT2D eigenvalue weighted by Crippen LogP contribution is -2.39. The van der Waals surface area contributed by atoms with Crippen molar-refractivity contribution in [1.82, 2.24) is 4.90 Å². The maximum Gasteiger partial charge on any atom is 0.389 e. The van der Waals surface area contributed by atoms with Crippen molar-refractivity contribution in [3.8, 4) is 0 Å². The molecule has 6 heteroatoms. The molecule has 1 aliphatic heterocycles. The van der Waals surface area contributed by atoms with Crippen molar-refractivity contribution in [2.75, 3.05) is 13.1 Å². The fourth-order valence-corrected chi connectivity index (χ4v) is 2.17. The summed E-state index contributed by atoms with van der Waals surface area (Å²) < 4.78 is 35.7. The molecule has 0 radical (unpaired) electrons. The number of hydrogen-bond donors (Lipinski definition) is 1. The number of nitrogens with two attached hydrogens (primary N) is 1. The van der Waals surface area contributed by atoms with Crippen LogP contribution in [0.1, 0.15) is 25.7 Å². The highest BCUT2D eigenvalue weighted by Crippen LogP contribution is 2.23. The topological polar surface area (TPSA) is 29.3 Å². The Bertz CT molecular complexity index is 230. The molecule has 0 aromatic rings. The molecule has 1 rings (SSSR count). The molecule has 0 aromatic carbocycles. The van der Waals surface area contributed by atoms with Gasteiger partial charge in [0.1, 0.15) is 0 Å². The molecule has 0 spiro atoms. The van der Waals surface area contributed by atoms with Crippen LogP contribution in [0.3, 0.4) is 0 Å². The molecule has 0 aromatic heterocycles. The fourth-order valence-electron chi connectivity index (χ4n) is 1.90. The average molecular weight is 240 g/mol. The number of alkyl halides is 3. The van der Waals surface area contributed by atoms with E-state index >= 15 is 0 Å². The zero-order valence-corrected chi connectivity index (χ0v) is 9.20. The van der Waals surface area contributed by atoms with Gasteiger partial charge in [0.2, 0.25) is 0 Å². The molecule has 1 heterocycles. The maximum absolute atomic E-state index is 11.9. The van der Waals surface area contributed by atoms with E-state index in [2.05, 4.69) is 0 Å². The second-order valence-electron chi connectivity index (χ2n) is 3.82. The van der Waals surface area contributed by atoms with Crippen molar-refractivity contribution in [2.24, 2.45) is 5.73 Å². The van der Waals surface area contributed by atoms with Crippen molar-refractivity contribution >= 4 is 17.2 Å². The molecule has 1 atom stereocenters. The highest BCUT2D eigenvalue weighted by atomic mass is 32.1. The van der Waals surface area contributed by atoms with Crippen LogP contribution in [0.5, 0.6) is 0 Å². The van der Waals surface area contributed by atoms with Crippen LogP contribution in [-0.2, 0) is 0 Å². The monoisotopic (exact) mass is 240 g/mol. The number of hydrogen-bond acceptors (Lipinski definition) is 2. The minimum absolute atomic E-state index is 0.00762. The van der Waals surface area contributed by atoms with Gasteiger partial charge in [0.15, 0.2) is 0 Å². The highest BCUT2D eigenvalue weighted by molar-refractivity contribution is 7.80. The van der Waals surface area contributed by atoms with E-state index in [4.69, 9.17) is 18.0 Å². The van der Waals surface area contributed by atoms with E-state index < -0.39 is 12.6 Å². The van der Waals surface area contributed by atoms with Crippen molar-refractivity contribution in [3.63, 3.8) is 0 Å². The standard InChI is InChI=1S/C9H15F3N2S/c10-9(11,12)4-2-6-14-5-1-3-7(14)8(13)15/h7H,1-6H2,(H2,13,15). The fraction of sp³-hybridized carbons (Fsp3) is 0.889. The Balaban J connectivity index is 2.29. The van der Waals surface area contributed by atoms with Gasteiger partial charge in [0, 0.05) is 6.42 Å². The lowest BCUT2D eigenvalue weighted by molar-refractivity contribution is -0.136. The highest BCUT2D eigenvalue weighted by Gasteiger charge is 2.29. The molecule has 0 aliphatic carbocycles. The van der Waals surface area contributed by atoms with E-state index in [-0.39, 0.29) is 12.5 Å². The van der Waals surface area contributed by atoms with Gasteiger partial charge in [-0.3, -0.25) is 4.90 Å². The Kier molecular flexibility index (Phi) is 4.33. The number of rotatable bonds is 4. The van der Waals surface area contributed by atoms with Gasteiger partial charge in [-0.1, -0.05) is 12.2 Å². The van der Waals surface area contributed by atoms with Gasteiger partial charge in [0.05, 0.1) is 11.0 Å². The summed E-state index contributed by atoms with van der Waals surface area (Å²) in [5.41, 5.74) is 5.51. The molecule has 0 amide bonds. The normalized spacial score (nSPS) is 23.3. The molecule has 1 saturated heterocycles. The molecule has 2 N–H and O–H groups in total. The van der Waals surface area contributed by atoms with Crippen LogP contribution < -0.4 is 5.73 Å². The second kappa shape index (κ2) is 5.12. The largest absolute Gasteiger partial charge is 0.392 e. The third kappa shape index (κ3) is 4.34. The molecular formula is C9H15F3N2S. The van der Waals surface area contributed by atoms with E-state index in [9.17, 15) is 13.2 Å². The van der Waals surface area contributed by atoms with Crippen molar-refractivity contribution < 1.29 is 13.2 Å². The van der Waals surface area contributed by atoms with E-state index in [1.54, 1.807) is 0 Å². The first-order valence-corrected chi connectivity index (χ1v) is 5.41. The minimum atomic E-state index is -4.06. The van der Waals surface area contributed by atoms with E-state index in [0.29, 0.717) is 11.5 Å². The lowest BCUT2D eigenvalue weighted by Gasteiger charge is -2.23. The zero-order valence-electron chi connectivity index (χ0n) is 8.39. The third-order valence-electron chi connectivity index (χ3n) is 2.60. The number of likely N-dealkylation sites (tertiary alicyclic amines) is 1. The second-order valence-corrected chi connectivity index (χ2v) is 4.29. The van der Waals surface area contributed by atoms with E-state index in [1.165, 1.54) is 0 Å². The van der Waals surface area contributed by atoms with Gasteiger partial charge in [-0.2, -0.15) is 13.2 Å². The Labute approximate surface area is 92.6 Å². The predicted molar refractivity (Wildman–Crippen MR) is 56.7 cm³/mol. The Morgan fingerprint density at radius 1 is 1.47 bits per heavy atom. The molecular weight excluding hydrogens is 225 g/mol. The van der Waals surface area contributed by atoms with E-state index in [1.807, 2.05) is 4.90 Å². The maximum atomic E-state index is 11.9. The summed E-state index contributed by atoms with van der Waals surface area (Å²) in [5, 5.41) is 0. The Morgan fingerprint density at radius 3 is 2.67 bits per heavy atom. The van der Waals surface area contributed by atoms with Crippen molar-refractivity contribution in [1.29, 1.82) is 0 Å². The molecule has 1 aliphatic rings. The smallest absolute Gasteiger partial charge is 0.389 e. The minimum Gasteiger partial charge on any atom is -0.392 e. The number of halogens is 3. The summed E-state index contributed by atoms with van der Waals surface area (Å²) in [6.45, 7) is 1.24. The van der Waals surface area contributed by atoms with Crippen LogP contribution in [0.2, 0.25) is 0 Å². The Hall–Kier alpha value is -0.360. The van der Waals surface area contributed by atoms with Gasteiger partial charge in [-0.25, -0.2) is 0 Å². The molecule has 2 nitrogen and oxygen atoms in total. The molecule has 1 unspecified atom stereocenters. The molecule has 88 valence electrons. The number of nitrogens with zero attached hydrogens (tertiary/aromatic N) is 1. The van der Waals surface area contributed by atoms with Crippen molar-refractivity contribution in [3.05, 3.63) is 0 Å². The van der Waals surface area contributed by atoms with Crippen LogP contribution in [0.25, 0.3) is 0 Å². The van der Waals surface area contributed by atoms with Crippen molar-refractivity contribution in [2.45, 2.75) is 37.9 Å². The quantitative estimate of drug-likeness (QED) is 0.763. The summed E-state index contributed by atoms with van der Waals surface area (Å²) in [6, 6.07) is 0.00762. The SMILES string of the molecule is NC(=S)C1CCCN1CCCC(F)(F)F. The first-order chi connectivity index (χ1) is 6.90. The lowest BCUT2D eigenvalue weighted by atomic mass is 10.2. The van der Waals surface area contributed by atoms with Crippen LogP contribution in [0, 0.1) is 0 Å². The van der Waals surface area contributed by atoms with Crippen LogP contribution >= 0.6 is 12.2 Å². The molecule has 1 fully saturated rings. The summed E-state index contributed by atoms with van der Waals surface area (Å²) in [7, 11) is 0. The summed E-state index contributed by atoms with van der Waals surface area (Å²) in [5.74, 6) is 0. The van der Waals surface area contributed by atoms with Gasteiger partial charge in [-0.15, -0.1) is 0 Å². The first kappa shape index (κ1) is 12.7. The van der Waals surface area contributed by atoms with Gasteiger partial charge < -0.3 is 5.73 Å². The summed E-state index contributed by atoms with van der Waals surface area (Å²) in [6.07, 6.45) is -2.82. The van der Waals surface area contributed by atoms with Gasteiger partial charge in [-0.05, 0) is 32.4 Å². The molecule has 0 saturated carbocycles. The first-order valence-electron chi connectivity index (χ1n) is 5.00. The van der Waals surface area contributed by atoms with Crippen LogP contribution in [-0.4, -0.2) is 35.2 Å². The average Bonchev–Trinajstić information content (AvgIpc) is 2.49. The summed E-state index contributed by atoms with van der Waals surface area (Å²) >= 11 is 4.87. The van der Waals surface area contributed by atoms with E-state index in [0.717, 1.165) is 19.4 Å². The van der Waals surface area contributed by atoms with Gasteiger partial charge >= 0.3 is 6.18 Å². The molecule has 0 bridgehead atoms. The molecule has 15 heavy (non-hydrogen) atoms. The van der Waals surface area contributed by atoms with Gasteiger partial charge in [0.25, 0.3) is 0 Å². The number of thiocarbonyl (C=S) groups is 1. The summed E-state index contributed by atoms with van der Waals surface area (Å²) in [4.78, 5) is 2.35. The van der Waals surface area contributed by atoms with Crippen LogP contribution in [0.15, 0.2) is 0 Å². The third-order valence-corrected chi connectivity index (χ3v) is 2.87. The predicted octanol–water partition coefficient (Wildman–Crippen LogP) is 2.08. The Morgan fingerprint density at radius 2 is 2.13 bits per heavy atom.